The van der Waals surface area contributed by atoms with Crippen LogP contribution in [0.5, 0.6) is 5.75 Å². The second-order valence-electron chi connectivity index (χ2n) is 7.80. The molecule has 0 saturated heterocycles. The van der Waals surface area contributed by atoms with E-state index in [0.717, 1.165) is 27.3 Å². The first-order valence-electron chi connectivity index (χ1n) is 10.9. The molecule has 0 spiro atoms. The summed E-state index contributed by atoms with van der Waals surface area (Å²) in [6.45, 7) is 5.77. The molecule has 3 aromatic rings. The molecule has 0 fully saturated rings. The van der Waals surface area contributed by atoms with E-state index in [1.54, 1.807) is 37.3 Å². The van der Waals surface area contributed by atoms with Crippen LogP contribution in [0.25, 0.3) is 6.08 Å². The molecule has 0 saturated carbocycles. The minimum atomic E-state index is -0.610. The van der Waals surface area contributed by atoms with Crippen molar-refractivity contribution in [3.05, 3.63) is 90.1 Å². The van der Waals surface area contributed by atoms with E-state index >= 15 is 0 Å². The number of benzene rings is 2. The van der Waals surface area contributed by atoms with Gasteiger partial charge in [-0.25, -0.2) is 9.79 Å². The molecule has 8 heteroatoms. The maximum Gasteiger partial charge on any atom is 0.338 e. The molecule has 1 aromatic heterocycles. The van der Waals surface area contributed by atoms with Crippen molar-refractivity contribution in [3.63, 3.8) is 0 Å². The number of ether oxygens (including phenoxy) is 2. The number of nitrogens with zero attached hydrogens (tertiary/aromatic N) is 2. The van der Waals surface area contributed by atoms with Crippen molar-refractivity contribution in [2.45, 2.75) is 31.7 Å². The summed E-state index contributed by atoms with van der Waals surface area (Å²) in [5.41, 5.74) is 3.45. The number of hydrogen-bond donors (Lipinski definition) is 0. The highest BCUT2D eigenvalue weighted by Gasteiger charge is 2.33. The molecule has 4 rings (SSSR count). The molecule has 0 bridgehead atoms. The number of thioether (sulfide) groups is 1. The summed E-state index contributed by atoms with van der Waals surface area (Å²) in [7, 11) is 1.63. The molecule has 0 N–H and O–H groups in total. The van der Waals surface area contributed by atoms with E-state index in [-0.39, 0.29) is 12.2 Å². The Balaban J connectivity index is 1.93. The average Bonchev–Trinajstić information content (AvgIpc) is 3.13. The number of esters is 1. The van der Waals surface area contributed by atoms with Crippen molar-refractivity contribution < 1.29 is 14.3 Å². The Labute approximate surface area is 206 Å². The molecule has 2 heterocycles. The van der Waals surface area contributed by atoms with Crippen LogP contribution in [0.2, 0.25) is 0 Å². The van der Waals surface area contributed by atoms with E-state index in [1.165, 1.54) is 11.3 Å². The molecule has 1 aliphatic rings. The van der Waals surface area contributed by atoms with Crippen molar-refractivity contribution in [1.82, 2.24) is 4.57 Å². The fourth-order valence-corrected chi connectivity index (χ4v) is 5.43. The first-order chi connectivity index (χ1) is 16.4. The van der Waals surface area contributed by atoms with Crippen LogP contribution in [0.1, 0.15) is 36.6 Å². The highest BCUT2D eigenvalue weighted by molar-refractivity contribution is 7.98. The summed E-state index contributed by atoms with van der Waals surface area (Å²) in [6.07, 6.45) is 3.84. The van der Waals surface area contributed by atoms with Gasteiger partial charge in [0.1, 0.15) is 5.75 Å². The van der Waals surface area contributed by atoms with Crippen molar-refractivity contribution >= 4 is 35.1 Å². The van der Waals surface area contributed by atoms with Crippen LogP contribution in [0, 0.1) is 6.92 Å². The van der Waals surface area contributed by atoms with Crippen LogP contribution >= 0.6 is 23.1 Å². The highest BCUT2D eigenvalue weighted by atomic mass is 32.2. The molecule has 1 atom stereocenters. The van der Waals surface area contributed by atoms with Crippen molar-refractivity contribution in [3.8, 4) is 5.75 Å². The van der Waals surface area contributed by atoms with Gasteiger partial charge in [0, 0.05) is 4.90 Å². The lowest BCUT2D eigenvalue weighted by molar-refractivity contribution is -0.139. The predicted molar refractivity (Wildman–Crippen MR) is 136 cm³/mol. The Morgan fingerprint density at radius 1 is 1.21 bits per heavy atom. The van der Waals surface area contributed by atoms with Crippen molar-refractivity contribution in [1.29, 1.82) is 0 Å². The lowest BCUT2D eigenvalue weighted by Crippen LogP contribution is -2.39. The van der Waals surface area contributed by atoms with E-state index < -0.39 is 12.0 Å². The van der Waals surface area contributed by atoms with E-state index in [4.69, 9.17) is 9.47 Å². The molecule has 34 heavy (non-hydrogen) atoms. The van der Waals surface area contributed by atoms with E-state index in [9.17, 15) is 9.59 Å². The number of hydrogen-bond acceptors (Lipinski definition) is 7. The number of rotatable bonds is 6. The van der Waals surface area contributed by atoms with Gasteiger partial charge in [-0.2, -0.15) is 0 Å². The highest BCUT2D eigenvalue weighted by Crippen LogP contribution is 2.31. The van der Waals surface area contributed by atoms with E-state index in [1.807, 2.05) is 61.7 Å². The Bertz CT molecular complexity index is 1450. The summed E-state index contributed by atoms with van der Waals surface area (Å²) in [5.74, 6) is 0.300. The molecule has 0 unspecified atom stereocenters. The SMILES string of the molecule is CCOC(=O)C1=C(C)N=c2s/c(=C\c3ccc(C)c(OC)c3)c(=O)n2[C@H]1c1ccc(SC)cc1. The third-order valence-corrected chi connectivity index (χ3v) is 7.40. The number of allylic oxidation sites excluding steroid dienone is 1. The number of methoxy groups -OCH3 is 1. The number of aryl methyl sites for hydroxylation is 1. The number of carbonyl (C=O) groups is 1. The van der Waals surface area contributed by atoms with Crippen LogP contribution < -0.4 is 19.6 Å². The Hall–Kier alpha value is -3.10. The zero-order valence-electron chi connectivity index (χ0n) is 19.7. The molecule has 176 valence electrons. The monoisotopic (exact) mass is 494 g/mol. The Kier molecular flexibility index (Phi) is 7.09. The predicted octanol–water partition coefficient (Wildman–Crippen LogP) is 3.84. The Morgan fingerprint density at radius 3 is 2.59 bits per heavy atom. The van der Waals surface area contributed by atoms with Gasteiger partial charge in [0.05, 0.1) is 35.6 Å². The normalized spacial score (nSPS) is 15.7. The quantitative estimate of drug-likeness (QED) is 0.385. The van der Waals surface area contributed by atoms with Crippen LogP contribution in [0.15, 0.2) is 68.4 Å². The summed E-state index contributed by atoms with van der Waals surface area (Å²) >= 11 is 2.94. The van der Waals surface area contributed by atoms with Crippen molar-refractivity contribution in [2.75, 3.05) is 20.0 Å². The van der Waals surface area contributed by atoms with Crippen LogP contribution in [0.3, 0.4) is 0 Å². The molecular weight excluding hydrogens is 468 g/mol. The summed E-state index contributed by atoms with van der Waals surface area (Å²) < 4.78 is 12.9. The molecule has 0 amide bonds. The number of aromatic nitrogens is 1. The molecule has 1 aliphatic heterocycles. The average molecular weight is 495 g/mol. The third-order valence-electron chi connectivity index (χ3n) is 5.68. The van der Waals surface area contributed by atoms with Gasteiger partial charge in [0.2, 0.25) is 0 Å². The fourth-order valence-electron chi connectivity index (χ4n) is 3.97. The van der Waals surface area contributed by atoms with Crippen LogP contribution in [-0.2, 0) is 9.53 Å². The van der Waals surface area contributed by atoms with Crippen molar-refractivity contribution in [2.24, 2.45) is 4.99 Å². The smallest absolute Gasteiger partial charge is 0.338 e. The van der Waals surface area contributed by atoms with Gasteiger partial charge in [0.25, 0.3) is 5.56 Å². The van der Waals surface area contributed by atoms with Crippen LogP contribution in [0.4, 0.5) is 0 Å². The topological polar surface area (TPSA) is 69.9 Å². The van der Waals surface area contributed by atoms with E-state index in [0.29, 0.717) is 20.6 Å². The lowest BCUT2D eigenvalue weighted by atomic mass is 9.96. The fraction of sp³-hybridized carbons (Fsp3) is 0.269. The third kappa shape index (κ3) is 4.48. The molecule has 6 nitrogen and oxygen atoms in total. The number of carbonyl (C=O) groups excluding carboxylic acids is 1. The lowest BCUT2D eigenvalue weighted by Gasteiger charge is -2.24. The molecule has 0 aliphatic carbocycles. The zero-order valence-corrected chi connectivity index (χ0v) is 21.4. The van der Waals surface area contributed by atoms with Gasteiger partial charge >= 0.3 is 5.97 Å². The first kappa shape index (κ1) is 24.0. The minimum absolute atomic E-state index is 0.198. The van der Waals surface area contributed by atoms with E-state index in [2.05, 4.69) is 4.99 Å². The Morgan fingerprint density at radius 2 is 1.94 bits per heavy atom. The van der Waals surface area contributed by atoms with Gasteiger partial charge in [-0.05, 0) is 68.0 Å². The van der Waals surface area contributed by atoms with Gasteiger partial charge in [-0.1, -0.05) is 35.6 Å². The summed E-state index contributed by atoms with van der Waals surface area (Å²) in [5, 5.41) is 0. The second-order valence-corrected chi connectivity index (χ2v) is 9.69. The van der Waals surface area contributed by atoms with Gasteiger partial charge in [0.15, 0.2) is 4.80 Å². The molecular formula is C26H26N2O4S2. The van der Waals surface area contributed by atoms with Gasteiger partial charge in [-0.15, -0.1) is 11.8 Å². The maximum atomic E-state index is 13.7. The van der Waals surface area contributed by atoms with Crippen LogP contribution in [-0.4, -0.2) is 30.5 Å². The molecule has 2 aromatic carbocycles. The number of thiazole rings is 1. The zero-order chi connectivity index (χ0) is 24.4. The summed E-state index contributed by atoms with van der Waals surface area (Å²) in [4.78, 5) is 32.9. The van der Waals surface area contributed by atoms with Gasteiger partial charge in [-0.3, -0.25) is 9.36 Å². The number of fused-ring (bicyclic) bond motifs is 1. The first-order valence-corrected chi connectivity index (χ1v) is 12.9. The van der Waals surface area contributed by atoms with Gasteiger partial charge < -0.3 is 9.47 Å². The summed E-state index contributed by atoms with van der Waals surface area (Å²) in [6, 6.07) is 13.1. The molecule has 0 radical (unpaired) electrons. The minimum Gasteiger partial charge on any atom is -0.496 e. The largest absolute Gasteiger partial charge is 0.496 e. The maximum absolute atomic E-state index is 13.7. The second kappa shape index (κ2) is 10.0. The standard InChI is InChI=1S/C26H26N2O4S2/c1-6-32-25(30)22-16(3)27-26-28(23(22)18-9-11-19(33-5)12-10-18)24(29)21(34-26)14-17-8-7-15(2)20(13-17)31-4/h7-14,23H,6H2,1-5H3/b21-14-/t23-/m0/s1.